The summed E-state index contributed by atoms with van der Waals surface area (Å²) >= 11 is 7.10. The smallest absolute Gasteiger partial charge is 0.238 e. The van der Waals surface area contributed by atoms with Gasteiger partial charge in [0.2, 0.25) is 5.91 Å². The number of carbonyl (C=O) groups is 1. The summed E-state index contributed by atoms with van der Waals surface area (Å²) in [5.74, 6) is 0.306. The molecule has 6 nitrogen and oxygen atoms in total. The molecule has 22 heavy (non-hydrogen) atoms. The van der Waals surface area contributed by atoms with Crippen molar-refractivity contribution in [1.82, 2.24) is 19.6 Å². The van der Waals surface area contributed by atoms with Crippen molar-refractivity contribution in [2.45, 2.75) is 17.3 Å². The fourth-order valence-corrected chi connectivity index (χ4v) is 2.74. The number of amides is 1. The van der Waals surface area contributed by atoms with Gasteiger partial charge in [0, 0.05) is 12.4 Å². The Morgan fingerprint density at radius 3 is 2.95 bits per heavy atom. The van der Waals surface area contributed by atoms with Gasteiger partial charge >= 0.3 is 0 Å². The highest BCUT2D eigenvalue weighted by molar-refractivity contribution is 8.00. The van der Waals surface area contributed by atoms with Crippen LogP contribution in [0.4, 0.5) is 5.82 Å². The van der Waals surface area contributed by atoms with Crippen LogP contribution in [0.25, 0.3) is 5.65 Å². The molecule has 0 radical (unpaired) electrons. The van der Waals surface area contributed by atoms with E-state index in [-0.39, 0.29) is 11.2 Å². The number of anilines is 1. The molecule has 112 valence electrons. The van der Waals surface area contributed by atoms with Crippen LogP contribution in [0.5, 0.6) is 0 Å². The number of aromatic nitrogens is 4. The molecular weight excluding hydrogens is 322 g/mol. The molecule has 0 aliphatic heterocycles. The van der Waals surface area contributed by atoms with E-state index in [1.54, 1.807) is 19.1 Å². The van der Waals surface area contributed by atoms with E-state index in [4.69, 9.17) is 11.6 Å². The molecule has 3 aromatic rings. The van der Waals surface area contributed by atoms with Crippen molar-refractivity contribution in [3.8, 4) is 0 Å². The number of pyridine rings is 2. The van der Waals surface area contributed by atoms with Crippen LogP contribution in [-0.2, 0) is 4.79 Å². The van der Waals surface area contributed by atoms with Crippen molar-refractivity contribution in [2.24, 2.45) is 0 Å². The van der Waals surface area contributed by atoms with E-state index in [2.05, 4.69) is 20.5 Å². The monoisotopic (exact) mass is 333 g/mol. The van der Waals surface area contributed by atoms with Crippen LogP contribution in [0.1, 0.15) is 6.92 Å². The van der Waals surface area contributed by atoms with E-state index in [1.807, 2.05) is 28.8 Å². The Morgan fingerprint density at radius 2 is 2.18 bits per heavy atom. The topological polar surface area (TPSA) is 72.2 Å². The summed E-state index contributed by atoms with van der Waals surface area (Å²) in [6.07, 6.45) is 3.35. The molecule has 0 bridgehead atoms. The summed E-state index contributed by atoms with van der Waals surface area (Å²) < 4.78 is 1.84. The largest absolute Gasteiger partial charge is 0.310 e. The highest BCUT2D eigenvalue weighted by atomic mass is 35.5. The summed E-state index contributed by atoms with van der Waals surface area (Å²) in [5.41, 5.74) is 0.747. The van der Waals surface area contributed by atoms with Crippen molar-refractivity contribution in [3.05, 3.63) is 47.7 Å². The maximum absolute atomic E-state index is 12.2. The molecule has 3 rings (SSSR count). The van der Waals surface area contributed by atoms with Crippen molar-refractivity contribution >= 4 is 40.7 Å². The van der Waals surface area contributed by atoms with Crippen molar-refractivity contribution < 1.29 is 4.79 Å². The van der Waals surface area contributed by atoms with E-state index < -0.39 is 0 Å². The highest BCUT2D eigenvalue weighted by Crippen LogP contribution is 2.23. The van der Waals surface area contributed by atoms with Crippen LogP contribution in [0.3, 0.4) is 0 Å². The standard InChI is InChI=1S/C14H12ClN5OS/c1-9(13(21)17-11-6-5-10(15)8-16-11)22-14-19-18-12-4-2-3-7-20(12)14/h2-9H,1H3,(H,16,17,21)/t9-/m1/s1. The molecule has 3 aromatic heterocycles. The van der Waals surface area contributed by atoms with E-state index in [1.165, 1.54) is 18.0 Å². The number of halogens is 1. The van der Waals surface area contributed by atoms with E-state index in [0.717, 1.165) is 5.65 Å². The lowest BCUT2D eigenvalue weighted by atomic mass is 10.4. The van der Waals surface area contributed by atoms with Crippen LogP contribution < -0.4 is 5.32 Å². The first-order chi connectivity index (χ1) is 10.6. The number of thioether (sulfide) groups is 1. The zero-order valence-corrected chi connectivity index (χ0v) is 13.2. The summed E-state index contributed by atoms with van der Waals surface area (Å²) in [4.78, 5) is 16.2. The van der Waals surface area contributed by atoms with Gasteiger partial charge in [0.15, 0.2) is 10.8 Å². The maximum Gasteiger partial charge on any atom is 0.238 e. The fourth-order valence-electron chi connectivity index (χ4n) is 1.79. The first-order valence-electron chi connectivity index (χ1n) is 6.52. The minimum Gasteiger partial charge on any atom is -0.310 e. The Kier molecular flexibility index (Phi) is 4.26. The molecular formula is C14H12ClN5OS. The quantitative estimate of drug-likeness (QED) is 0.743. The summed E-state index contributed by atoms with van der Waals surface area (Å²) in [6, 6.07) is 8.97. The lowest BCUT2D eigenvalue weighted by Crippen LogP contribution is -2.23. The summed E-state index contributed by atoms with van der Waals surface area (Å²) in [5, 5.41) is 11.7. The first kappa shape index (κ1) is 14.8. The van der Waals surface area contributed by atoms with Gasteiger partial charge in [-0.15, -0.1) is 10.2 Å². The molecule has 0 saturated carbocycles. The summed E-state index contributed by atoms with van der Waals surface area (Å²) in [7, 11) is 0. The predicted octanol–water partition coefficient (Wildman–Crippen LogP) is 2.90. The molecule has 0 unspecified atom stereocenters. The van der Waals surface area contributed by atoms with Gasteiger partial charge in [0.05, 0.1) is 10.3 Å². The van der Waals surface area contributed by atoms with Crippen LogP contribution >= 0.6 is 23.4 Å². The highest BCUT2D eigenvalue weighted by Gasteiger charge is 2.18. The molecule has 1 atom stereocenters. The zero-order valence-electron chi connectivity index (χ0n) is 11.6. The summed E-state index contributed by atoms with van der Waals surface area (Å²) in [6.45, 7) is 1.81. The molecule has 0 spiro atoms. The van der Waals surface area contributed by atoms with Gasteiger partial charge in [-0.1, -0.05) is 29.4 Å². The number of fused-ring (bicyclic) bond motifs is 1. The average molecular weight is 334 g/mol. The number of rotatable bonds is 4. The minimum absolute atomic E-state index is 0.160. The van der Waals surface area contributed by atoms with Crippen LogP contribution in [0, 0.1) is 0 Å². The van der Waals surface area contributed by atoms with Crippen molar-refractivity contribution in [1.29, 1.82) is 0 Å². The van der Waals surface area contributed by atoms with Crippen LogP contribution in [-0.4, -0.2) is 30.7 Å². The Bertz CT molecular complexity index is 804. The molecule has 1 N–H and O–H groups in total. The van der Waals surface area contributed by atoms with Gasteiger partial charge in [-0.05, 0) is 31.2 Å². The van der Waals surface area contributed by atoms with Gasteiger partial charge in [0.25, 0.3) is 0 Å². The lowest BCUT2D eigenvalue weighted by molar-refractivity contribution is -0.115. The molecule has 0 aliphatic rings. The number of nitrogens with zero attached hydrogens (tertiary/aromatic N) is 4. The molecule has 1 amide bonds. The third-order valence-electron chi connectivity index (χ3n) is 2.91. The number of hydrogen-bond donors (Lipinski definition) is 1. The minimum atomic E-state index is -0.343. The molecule has 8 heteroatoms. The van der Waals surface area contributed by atoms with Gasteiger partial charge in [-0.2, -0.15) is 0 Å². The molecule has 0 aromatic carbocycles. The van der Waals surface area contributed by atoms with Crippen molar-refractivity contribution in [3.63, 3.8) is 0 Å². The van der Waals surface area contributed by atoms with Gasteiger partial charge in [-0.3, -0.25) is 9.20 Å². The maximum atomic E-state index is 12.2. The fraction of sp³-hybridized carbons (Fsp3) is 0.143. The third kappa shape index (κ3) is 3.20. The zero-order chi connectivity index (χ0) is 15.5. The normalized spacial score (nSPS) is 12.3. The SMILES string of the molecule is C[C@@H](Sc1nnc2ccccn12)C(=O)Nc1ccc(Cl)cn1. The Morgan fingerprint density at radius 1 is 1.32 bits per heavy atom. The molecule has 0 aliphatic carbocycles. The molecule has 0 saturated heterocycles. The lowest BCUT2D eigenvalue weighted by Gasteiger charge is -2.10. The second kappa shape index (κ2) is 6.33. The Balaban J connectivity index is 1.69. The average Bonchev–Trinajstić information content (AvgIpc) is 2.93. The van der Waals surface area contributed by atoms with Gasteiger partial charge in [0.1, 0.15) is 5.82 Å². The number of hydrogen-bond acceptors (Lipinski definition) is 5. The van der Waals surface area contributed by atoms with E-state index >= 15 is 0 Å². The second-order valence-corrected chi connectivity index (χ2v) is 6.27. The second-order valence-electron chi connectivity index (χ2n) is 4.52. The Hall–Kier alpha value is -2.12. The van der Waals surface area contributed by atoms with Gasteiger partial charge in [-0.25, -0.2) is 4.98 Å². The van der Waals surface area contributed by atoms with E-state index in [9.17, 15) is 4.79 Å². The molecule has 3 heterocycles. The van der Waals surface area contributed by atoms with Crippen molar-refractivity contribution in [2.75, 3.05) is 5.32 Å². The Labute approximate surface area is 135 Å². The van der Waals surface area contributed by atoms with Crippen LogP contribution in [0.2, 0.25) is 5.02 Å². The van der Waals surface area contributed by atoms with Crippen LogP contribution in [0.15, 0.2) is 47.9 Å². The predicted molar refractivity (Wildman–Crippen MR) is 86.2 cm³/mol. The number of carbonyl (C=O) groups excluding carboxylic acids is 1. The molecule has 0 fully saturated rings. The number of nitrogens with one attached hydrogen (secondary N) is 1. The first-order valence-corrected chi connectivity index (χ1v) is 7.78. The third-order valence-corrected chi connectivity index (χ3v) is 4.19. The van der Waals surface area contributed by atoms with E-state index in [0.29, 0.717) is 16.0 Å². The van der Waals surface area contributed by atoms with Gasteiger partial charge < -0.3 is 5.32 Å².